The molecule has 1 aromatic carbocycles. The van der Waals surface area contributed by atoms with Gasteiger partial charge in [-0.15, -0.1) is 0 Å². The zero-order valence-electron chi connectivity index (χ0n) is 14.8. The van der Waals surface area contributed by atoms with Crippen LogP contribution in [0.1, 0.15) is 16.3 Å². The molecule has 1 aliphatic heterocycles. The van der Waals surface area contributed by atoms with Gasteiger partial charge in [-0.3, -0.25) is 19.8 Å². The molecule has 1 N–H and O–H groups in total. The second-order valence-corrected chi connectivity index (χ2v) is 6.02. The van der Waals surface area contributed by atoms with Crippen molar-refractivity contribution in [2.24, 2.45) is 0 Å². The highest BCUT2D eigenvalue weighted by Crippen LogP contribution is 2.19. The first-order valence-electron chi connectivity index (χ1n) is 8.66. The third kappa shape index (κ3) is 5.53. The predicted molar refractivity (Wildman–Crippen MR) is 95.7 cm³/mol. The number of rotatable bonds is 8. The lowest BCUT2D eigenvalue weighted by molar-refractivity contribution is -0.384. The molecular formula is C18H21N3O6. The van der Waals surface area contributed by atoms with Crippen LogP contribution in [0.3, 0.4) is 0 Å². The Balaban J connectivity index is 1.43. The molecule has 1 saturated heterocycles. The van der Waals surface area contributed by atoms with Crippen LogP contribution in [0.2, 0.25) is 0 Å². The van der Waals surface area contributed by atoms with Crippen molar-refractivity contribution in [1.29, 1.82) is 0 Å². The van der Waals surface area contributed by atoms with E-state index in [2.05, 4.69) is 10.2 Å². The molecule has 1 aromatic heterocycles. The number of ether oxygens (including phenoxy) is 2. The average Bonchev–Trinajstić information content (AvgIpc) is 3.17. The molecule has 0 radical (unpaired) electrons. The fourth-order valence-electron chi connectivity index (χ4n) is 2.64. The molecule has 0 bridgehead atoms. The monoisotopic (exact) mass is 375 g/mol. The Morgan fingerprint density at radius 2 is 1.93 bits per heavy atom. The highest BCUT2D eigenvalue weighted by molar-refractivity contribution is 5.91. The highest BCUT2D eigenvalue weighted by atomic mass is 16.6. The van der Waals surface area contributed by atoms with Gasteiger partial charge in [0.25, 0.3) is 11.6 Å². The first kappa shape index (κ1) is 18.9. The van der Waals surface area contributed by atoms with E-state index in [1.807, 2.05) is 0 Å². The van der Waals surface area contributed by atoms with Crippen LogP contribution in [0, 0.1) is 10.1 Å². The molecule has 3 rings (SSSR count). The SMILES string of the molecule is O=C(NCCN1CCOCC1)c1ccc(COc2ccc([N+](=O)[O-])cc2)o1. The summed E-state index contributed by atoms with van der Waals surface area (Å²) in [6.07, 6.45) is 0. The van der Waals surface area contributed by atoms with Crippen molar-refractivity contribution >= 4 is 11.6 Å². The summed E-state index contributed by atoms with van der Waals surface area (Å²) in [5.74, 6) is 0.921. The molecule has 0 aliphatic carbocycles. The second kappa shape index (κ2) is 9.15. The summed E-state index contributed by atoms with van der Waals surface area (Å²) in [5.41, 5.74) is -0.00335. The van der Waals surface area contributed by atoms with E-state index in [1.54, 1.807) is 12.1 Å². The Kier molecular flexibility index (Phi) is 6.39. The maximum atomic E-state index is 12.1. The van der Waals surface area contributed by atoms with Crippen molar-refractivity contribution in [3.05, 3.63) is 58.0 Å². The molecule has 9 heteroatoms. The minimum atomic E-state index is -0.472. The van der Waals surface area contributed by atoms with Crippen LogP contribution in [-0.4, -0.2) is 55.1 Å². The fraction of sp³-hybridized carbons (Fsp3) is 0.389. The number of nitrogens with one attached hydrogen (secondary N) is 1. The van der Waals surface area contributed by atoms with Gasteiger partial charge in [0.2, 0.25) is 0 Å². The maximum Gasteiger partial charge on any atom is 0.287 e. The molecule has 0 spiro atoms. The lowest BCUT2D eigenvalue weighted by Crippen LogP contribution is -2.41. The zero-order chi connectivity index (χ0) is 19.1. The van der Waals surface area contributed by atoms with Gasteiger partial charge in [0.05, 0.1) is 18.1 Å². The Hall–Kier alpha value is -2.91. The summed E-state index contributed by atoms with van der Waals surface area (Å²) in [4.78, 5) is 24.5. The molecule has 1 aliphatic rings. The normalized spacial score (nSPS) is 14.7. The molecule has 0 saturated carbocycles. The average molecular weight is 375 g/mol. The molecule has 0 atom stereocenters. The van der Waals surface area contributed by atoms with Gasteiger partial charge in [-0.1, -0.05) is 0 Å². The Labute approximate surface area is 156 Å². The minimum absolute atomic E-state index is 0.00335. The number of furan rings is 1. The van der Waals surface area contributed by atoms with E-state index in [0.717, 1.165) is 32.8 Å². The highest BCUT2D eigenvalue weighted by Gasteiger charge is 2.14. The molecular weight excluding hydrogens is 354 g/mol. The van der Waals surface area contributed by atoms with E-state index in [1.165, 1.54) is 24.3 Å². The zero-order valence-corrected chi connectivity index (χ0v) is 14.8. The topological polar surface area (TPSA) is 107 Å². The van der Waals surface area contributed by atoms with E-state index in [9.17, 15) is 14.9 Å². The number of nitro benzene ring substituents is 1. The summed E-state index contributed by atoms with van der Waals surface area (Å²) >= 11 is 0. The second-order valence-electron chi connectivity index (χ2n) is 6.02. The molecule has 27 heavy (non-hydrogen) atoms. The molecule has 1 fully saturated rings. The minimum Gasteiger partial charge on any atom is -0.486 e. The third-order valence-electron chi connectivity index (χ3n) is 4.13. The van der Waals surface area contributed by atoms with Gasteiger partial charge in [-0.05, 0) is 24.3 Å². The van der Waals surface area contributed by atoms with Gasteiger partial charge in [-0.25, -0.2) is 0 Å². The third-order valence-corrected chi connectivity index (χ3v) is 4.13. The van der Waals surface area contributed by atoms with Crippen molar-refractivity contribution in [3.63, 3.8) is 0 Å². The predicted octanol–water partition coefficient (Wildman–Crippen LogP) is 1.83. The molecule has 1 amide bonds. The van der Waals surface area contributed by atoms with Crippen LogP contribution in [-0.2, 0) is 11.3 Å². The van der Waals surface area contributed by atoms with Gasteiger partial charge in [0, 0.05) is 38.3 Å². The number of hydrogen-bond donors (Lipinski definition) is 1. The Morgan fingerprint density at radius 1 is 1.19 bits per heavy atom. The van der Waals surface area contributed by atoms with E-state index < -0.39 is 4.92 Å². The van der Waals surface area contributed by atoms with Crippen molar-refractivity contribution < 1.29 is 23.6 Å². The number of non-ortho nitro benzene ring substituents is 1. The van der Waals surface area contributed by atoms with Gasteiger partial charge in [0.1, 0.15) is 18.1 Å². The fourth-order valence-corrected chi connectivity index (χ4v) is 2.64. The standard InChI is InChI=1S/C18H21N3O6/c22-18(19-7-8-20-9-11-25-12-10-20)17-6-5-16(27-17)13-26-15-3-1-14(2-4-15)21(23)24/h1-6H,7-13H2,(H,19,22). The summed E-state index contributed by atoms with van der Waals surface area (Å²) < 4.78 is 16.3. The largest absolute Gasteiger partial charge is 0.486 e. The van der Waals surface area contributed by atoms with Crippen LogP contribution in [0.25, 0.3) is 0 Å². The number of benzene rings is 1. The summed E-state index contributed by atoms with van der Waals surface area (Å²) in [5, 5.41) is 13.5. The summed E-state index contributed by atoms with van der Waals surface area (Å²) in [6, 6.07) is 9.02. The lowest BCUT2D eigenvalue weighted by atomic mass is 10.3. The number of nitro groups is 1. The number of nitrogens with zero attached hydrogens (tertiary/aromatic N) is 2. The first-order valence-corrected chi connectivity index (χ1v) is 8.66. The van der Waals surface area contributed by atoms with E-state index in [0.29, 0.717) is 18.1 Å². The van der Waals surface area contributed by atoms with Crippen LogP contribution in [0.5, 0.6) is 5.75 Å². The number of amides is 1. The quantitative estimate of drug-likeness (QED) is 0.554. The van der Waals surface area contributed by atoms with Crippen molar-refractivity contribution in [1.82, 2.24) is 10.2 Å². The Morgan fingerprint density at radius 3 is 2.63 bits per heavy atom. The maximum absolute atomic E-state index is 12.1. The lowest BCUT2D eigenvalue weighted by Gasteiger charge is -2.26. The van der Waals surface area contributed by atoms with Crippen LogP contribution < -0.4 is 10.1 Å². The van der Waals surface area contributed by atoms with Crippen LogP contribution in [0.15, 0.2) is 40.8 Å². The van der Waals surface area contributed by atoms with E-state index >= 15 is 0 Å². The van der Waals surface area contributed by atoms with Crippen molar-refractivity contribution in [3.8, 4) is 5.75 Å². The molecule has 0 unspecified atom stereocenters. The van der Waals surface area contributed by atoms with Gasteiger partial charge in [-0.2, -0.15) is 0 Å². The molecule has 9 nitrogen and oxygen atoms in total. The number of morpholine rings is 1. The van der Waals surface area contributed by atoms with Gasteiger partial charge < -0.3 is 19.2 Å². The number of carbonyl (C=O) groups excluding carboxylic acids is 1. The number of carbonyl (C=O) groups is 1. The molecule has 2 heterocycles. The van der Waals surface area contributed by atoms with E-state index in [-0.39, 0.29) is 24.0 Å². The Bertz CT molecular complexity index is 768. The first-order chi connectivity index (χ1) is 13.1. The molecule has 144 valence electrons. The number of hydrogen-bond acceptors (Lipinski definition) is 7. The summed E-state index contributed by atoms with van der Waals surface area (Å²) in [6.45, 7) is 4.63. The van der Waals surface area contributed by atoms with E-state index in [4.69, 9.17) is 13.9 Å². The molecule has 2 aromatic rings. The summed E-state index contributed by atoms with van der Waals surface area (Å²) in [7, 11) is 0. The van der Waals surface area contributed by atoms with Crippen molar-refractivity contribution in [2.75, 3.05) is 39.4 Å². The van der Waals surface area contributed by atoms with Crippen molar-refractivity contribution in [2.45, 2.75) is 6.61 Å². The van der Waals surface area contributed by atoms with Crippen LogP contribution >= 0.6 is 0 Å². The van der Waals surface area contributed by atoms with Crippen LogP contribution in [0.4, 0.5) is 5.69 Å². The smallest absolute Gasteiger partial charge is 0.287 e. The van der Waals surface area contributed by atoms with Gasteiger partial charge in [0.15, 0.2) is 5.76 Å². The van der Waals surface area contributed by atoms with Gasteiger partial charge >= 0.3 is 0 Å².